The molecule has 0 fully saturated rings. The van der Waals surface area contributed by atoms with E-state index in [4.69, 9.17) is 10.8 Å². The summed E-state index contributed by atoms with van der Waals surface area (Å²) < 4.78 is 0.607. The molecule has 0 atom stereocenters. The Morgan fingerprint density at radius 2 is 1.00 bits per heavy atom. The largest absolute Gasteiger partial charge is 1.00 e. The summed E-state index contributed by atoms with van der Waals surface area (Å²) in [4.78, 5) is 0. The van der Waals surface area contributed by atoms with Crippen LogP contribution in [0.25, 0.3) is 0 Å². The fourth-order valence-corrected chi connectivity index (χ4v) is 0. The van der Waals surface area contributed by atoms with Crippen molar-refractivity contribution < 1.29 is 113 Å². The van der Waals surface area contributed by atoms with Crippen LogP contribution in [0.2, 0.25) is 0 Å². The van der Waals surface area contributed by atoms with E-state index < -0.39 is 11.8 Å². The molecule has 12 heavy (non-hydrogen) atoms. The van der Waals surface area contributed by atoms with Crippen LogP contribution in [-0.2, 0) is 0 Å². The van der Waals surface area contributed by atoms with E-state index in [0.29, 0.717) is 8.86 Å². The van der Waals surface area contributed by atoms with E-state index in [-0.39, 0.29) is 103 Å². The number of alkyl halides is 2. The topological polar surface area (TPSA) is 93.8 Å². The summed E-state index contributed by atoms with van der Waals surface area (Å²) in [5, 5.41) is 31.3. The second-order valence-corrected chi connectivity index (χ2v) is 2.64. The number of rotatable bonds is 2. The van der Waals surface area contributed by atoms with Crippen LogP contribution in [0.1, 0.15) is 0 Å². The first kappa shape index (κ1) is 24.8. The molecular formula is C4H6I2K2N2O2. The third-order valence-electron chi connectivity index (χ3n) is 0.243. The van der Waals surface area contributed by atoms with Gasteiger partial charge in [0.15, 0.2) is 0 Å². The van der Waals surface area contributed by atoms with E-state index in [0.717, 1.165) is 0 Å². The second kappa shape index (κ2) is 20.1. The molecule has 0 aromatic rings. The molecule has 0 saturated carbocycles. The Morgan fingerprint density at radius 1 is 0.917 bits per heavy atom. The predicted octanol–water partition coefficient (Wildman–Crippen LogP) is -6.47. The van der Waals surface area contributed by atoms with Crippen molar-refractivity contribution in [3.05, 3.63) is 0 Å². The van der Waals surface area contributed by atoms with Gasteiger partial charge < -0.3 is 21.0 Å². The summed E-state index contributed by atoms with van der Waals surface area (Å²) in [6, 6.07) is 0. The SMILES string of the molecule is N=C([O-])CI.N=C([O-])CI.[K+].[K+]. The van der Waals surface area contributed by atoms with Crippen molar-refractivity contribution in [3.63, 3.8) is 0 Å². The van der Waals surface area contributed by atoms with E-state index >= 15 is 0 Å². The third-order valence-corrected chi connectivity index (χ3v) is 1.63. The maximum atomic E-state index is 9.47. The van der Waals surface area contributed by atoms with Gasteiger partial charge >= 0.3 is 103 Å². The van der Waals surface area contributed by atoms with Crippen molar-refractivity contribution >= 4 is 57.0 Å². The Labute approximate surface area is 184 Å². The van der Waals surface area contributed by atoms with Gasteiger partial charge in [-0.15, -0.1) is 0 Å². The maximum Gasteiger partial charge on any atom is 1.00 e. The van der Waals surface area contributed by atoms with Gasteiger partial charge in [-0.3, -0.25) is 0 Å². The van der Waals surface area contributed by atoms with Gasteiger partial charge in [-0.05, 0) is 11.8 Å². The van der Waals surface area contributed by atoms with Gasteiger partial charge in [0.25, 0.3) is 0 Å². The number of hydrogen-bond donors (Lipinski definition) is 2. The molecule has 0 rings (SSSR count). The Kier molecular flexibility index (Phi) is 41.5. The number of hydrogen-bond acceptors (Lipinski definition) is 4. The zero-order valence-corrected chi connectivity index (χ0v) is 17.5. The normalized spacial score (nSPS) is 6.17. The molecular weight excluding hydrogens is 440 g/mol. The minimum absolute atomic E-state index is 0. The molecule has 0 radical (unpaired) electrons. The molecule has 60 valence electrons. The first-order valence-electron chi connectivity index (χ1n) is 2.15. The van der Waals surface area contributed by atoms with E-state index in [9.17, 15) is 10.2 Å². The van der Waals surface area contributed by atoms with Gasteiger partial charge in [0.05, 0.1) is 0 Å². The molecule has 0 aliphatic carbocycles. The standard InChI is InChI=1S/2C2H4INO.2K/c2*3-1-2(4)5;;/h2*1H2,(H2,4,5);;/q;;2*+1/p-2. The van der Waals surface area contributed by atoms with Gasteiger partial charge in [-0.25, -0.2) is 0 Å². The average Bonchev–Trinajstić information content (AvgIpc) is 1.89. The molecule has 0 amide bonds. The van der Waals surface area contributed by atoms with Gasteiger partial charge in [0.1, 0.15) is 0 Å². The van der Waals surface area contributed by atoms with Crippen molar-refractivity contribution in [1.82, 2.24) is 0 Å². The monoisotopic (exact) mass is 446 g/mol. The molecule has 0 aromatic carbocycles. The minimum atomic E-state index is -0.509. The van der Waals surface area contributed by atoms with E-state index in [1.165, 1.54) is 0 Å². The molecule has 0 bridgehead atoms. The van der Waals surface area contributed by atoms with Crippen molar-refractivity contribution in [2.75, 3.05) is 8.86 Å². The molecule has 4 nitrogen and oxygen atoms in total. The van der Waals surface area contributed by atoms with Crippen LogP contribution in [0.3, 0.4) is 0 Å². The van der Waals surface area contributed by atoms with Crippen molar-refractivity contribution in [3.8, 4) is 0 Å². The summed E-state index contributed by atoms with van der Waals surface area (Å²) in [6.45, 7) is 0. The van der Waals surface area contributed by atoms with Gasteiger partial charge in [-0.2, -0.15) is 0 Å². The van der Waals surface area contributed by atoms with Crippen LogP contribution in [0.4, 0.5) is 0 Å². The minimum Gasteiger partial charge on any atom is -0.862 e. The zero-order valence-electron chi connectivity index (χ0n) is 6.99. The quantitative estimate of drug-likeness (QED) is 0.145. The average molecular weight is 446 g/mol. The van der Waals surface area contributed by atoms with Gasteiger partial charge in [0.2, 0.25) is 0 Å². The van der Waals surface area contributed by atoms with Crippen molar-refractivity contribution in [2.45, 2.75) is 0 Å². The number of nitrogens with one attached hydrogen (secondary N) is 2. The van der Waals surface area contributed by atoms with Gasteiger partial charge in [-0.1, -0.05) is 45.2 Å². The Morgan fingerprint density at radius 3 is 1.00 bits per heavy atom. The molecule has 0 spiro atoms. The fraction of sp³-hybridized carbons (Fsp3) is 0.500. The van der Waals surface area contributed by atoms with Crippen molar-refractivity contribution in [1.29, 1.82) is 10.8 Å². The van der Waals surface area contributed by atoms with E-state index in [1.54, 1.807) is 0 Å². The third kappa shape index (κ3) is 37.3. The van der Waals surface area contributed by atoms with Crippen molar-refractivity contribution in [2.24, 2.45) is 0 Å². The maximum absolute atomic E-state index is 9.47. The summed E-state index contributed by atoms with van der Waals surface area (Å²) in [7, 11) is 0. The fourth-order valence-electron chi connectivity index (χ4n) is 0. The molecule has 0 aliphatic heterocycles. The van der Waals surface area contributed by atoms with E-state index in [2.05, 4.69) is 0 Å². The molecule has 8 heteroatoms. The molecule has 0 saturated heterocycles. The summed E-state index contributed by atoms with van der Waals surface area (Å²) >= 11 is 3.68. The first-order chi connectivity index (χ1) is 4.54. The van der Waals surface area contributed by atoms with E-state index in [1.807, 2.05) is 45.2 Å². The van der Waals surface area contributed by atoms with Crippen LogP contribution in [0.15, 0.2) is 0 Å². The Balaban J connectivity index is -0.0000000457. The van der Waals surface area contributed by atoms with Crippen LogP contribution in [-0.4, -0.2) is 20.7 Å². The molecule has 2 N–H and O–H groups in total. The smallest absolute Gasteiger partial charge is 0.862 e. The number of halogens is 2. The molecule has 0 aliphatic rings. The molecule has 0 aromatic heterocycles. The first-order valence-corrected chi connectivity index (χ1v) is 5.20. The Hall–Kier alpha value is 3.67. The van der Waals surface area contributed by atoms with Crippen LogP contribution < -0.4 is 113 Å². The van der Waals surface area contributed by atoms with Crippen LogP contribution >= 0.6 is 45.2 Å². The summed E-state index contributed by atoms with van der Waals surface area (Å²) in [5.41, 5.74) is 0. The van der Waals surface area contributed by atoms with Gasteiger partial charge in [0, 0.05) is 8.86 Å². The second-order valence-electron chi connectivity index (χ2n) is 1.11. The molecule has 0 unspecified atom stereocenters. The zero-order chi connectivity index (χ0) is 8.57. The summed E-state index contributed by atoms with van der Waals surface area (Å²) in [6.07, 6.45) is 0. The van der Waals surface area contributed by atoms with Crippen LogP contribution in [0, 0.1) is 10.8 Å². The summed E-state index contributed by atoms with van der Waals surface area (Å²) in [5.74, 6) is -1.02. The molecule has 0 heterocycles. The van der Waals surface area contributed by atoms with Crippen LogP contribution in [0.5, 0.6) is 0 Å². The predicted molar refractivity (Wildman–Crippen MR) is 53.2 cm³/mol. The Bertz CT molecular complexity index is 112.